The molecule has 13 heavy (non-hydrogen) atoms. The van der Waals surface area contributed by atoms with Gasteiger partial charge in [0.15, 0.2) is 0 Å². The van der Waals surface area contributed by atoms with Gasteiger partial charge in [-0.25, -0.2) is 4.79 Å². The van der Waals surface area contributed by atoms with Crippen LogP contribution in [0.2, 0.25) is 0 Å². The molecule has 5 nitrogen and oxygen atoms in total. The Balaban J connectivity index is 3.36. The molecule has 5 heteroatoms. The largest absolute Gasteiger partial charge is 0.450 e. The molecule has 76 valence electrons. The fourth-order valence-electron chi connectivity index (χ4n) is 0.684. The van der Waals surface area contributed by atoms with Crippen molar-refractivity contribution in [3.63, 3.8) is 0 Å². The third-order valence-corrected chi connectivity index (χ3v) is 1.47. The lowest BCUT2D eigenvalue weighted by atomic mass is 10.3. The summed E-state index contributed by atoms with van der Waals surface area (Å²) in [7, 11) is 4.89. The second-order valence-corrected chi connectivity index (χ2v) is 2.78. The normalized spacial score (nSPS) is 9.15. The van der Waals surface area contributed by atoms with E-state index in [2.05, 4.69) is 5.32 Å². The van der Waals surface area contributed by atoms with E-state index in [0.717, 1.165) is 0 Å². The van der Waals surface area contributed by atoms with Crippen LogP contribution in [0.5, 0.6) is 0 Å². The SMILES string of the molecule is CNC(=O)OCCCC(=O)N(C)C. The van der Waals surface area contributed by atoms with Crippen molar-refractivity contribution in [3.8, 4) is 0 Å². The number of hydrogen-bond donors (Lipinski definition) is 1. The Kier molecular flexibility index (Phi) is 5.67. The fourth-order valence-corrected chi connectivity index (χ4v) is 0.684. The number of carbonyl (C=O) groups is 2. The molecule has 0 aromatic carbocycles. The molecule has 0 fully saturated rings. The number of alkyl carbamates (subject to hydrolysis) is 1. The Labute approximate surface area is 78.0 Å². The number of carbonyl (C=O) groups excluding carboxylic acids is 2. The van der Waals surface area contributed by atoms with Crippen LogP contribution < -0.4 is 5.32 Å². The van der Waals surface area contributed by atoms with Gasteiger partial charge in [0.1, 0.15) is 0 Å². The van der Waals surface area contributed by atoms with Crippen LogP contribution in [-0.4, -0.2) is 44.7 Å². The highest BCUT2D eigenvalue weighted by atomic mass is 16.5. The summed E-state index contributed by atoms with van der Waals surface area (Å²) in [4.78, 5) is 23.1. The van der Waals surface area contributed by atoms with Crippen LogP contribution >= 0.6 is 0 Å². The molecule has 1 N–H and O–H groups in total. The molecule has 0 bridgehead atoms. The van der Waals surface area contributed by atoms with Crippen LogP contribution in [0.25, 0.3) is 0 Å². The zero-order chi connectivity index (χ0) is 10.3. The first-order valence-electron chi connectivity index (χ1n) is 4.12. The van der Waals surface area contributed by atoms with Crippen LogP contribution in [0.1, 0.15) is 12.8 Å². The summed E-state index contributed by atoms with van der Waals surface area (Å²) in [6.45, 7) is 0.277. The molecular weight excluding hydrogens is 172 g/mol. The van der Waals surface area contributed by atoms with Gasteiger partial charge in [0.2, 0.25) is 5.91 Å². The van der Waals surface area contributed by atoms with E-state index in [1.165, 1.54) is 11.9 Å². The minimum atomic E-state index is -0.461. The Morgan fingerprint density at radius 3 is 2.46 bits per heavy atom. The lowest BCUT2D eigenvalue weighted by Gasteiger charge is -2.09. The monoisotopic (exact) mass is 188 g/mol. The molecule has 0 aliphatic carbocycles. The van der Waals surface area contributed by atoms with Gasteiger partial charge in [-0.15, -0.1) is 0 Å². The van der Waals surface area contributed by atoms with Gasteiger partial charge in [0.05, 0.1) is 6.61 Å². The molecule has 0 saturated heterocycles. The average molecular weight is 188 g/mol. The Morgan fingerprint density at radius 2 is 2.00 bits per heavy atom. The molecule has 0 rings (SSSR count). The summed E-state index contributed by atoms with van der Waals surface area (Å²) in [6, 6.07) is 0. The average Bonchev–Trinajstić information content (AvgIpc) is 2.11. The molecule has 0 aromatic heterocycles. The molecular formula is C8H16N2O3. The second-order valence-electron chi connectivity index (χ2n) is 2.78. The van der Waals surface area contributed by atoms with E-state index >= 15 is 0 Å². The van der Waals surface area contributed by atoms with Crippen LogP contribution in [0.3, 0.4) is 0 Å². The lowest BCUT2D eigenvalue weighted by Crippen LogP contribution is -2.23. The van der Waals surface area contributed by atoms with E-state index < -0.39 is 6.09 Å². The van der Waals surface area contributed by atoms with Crippen molar-refractivity contribution in [3.05, 3.63) is 0 Å². The topological polar surface area (TPSA) is 58.6 Å². The molecule has 0 heterocycles. The summed E-state index contributed by atoms with van der Waals surface area (Å²) in [5, 5.41) is 2.32. The quantitative estimate of drug-likeness (QED) is 0.642. The maximum atomic E-state index is 11.0. The van der Waals surface area contributed by atoms with Crippen molar-refractivity contribution in [1.29, 1.82) is 0 Å². The van der Waals surface area contributed by atoms with Gasteiger partial charge in [0.25, 0.3) is 0 Å². The molecule has 0 atom stereocenters. The van der Waals surface area contributed by atoms with Gasteiger partial charge in [-0.3, -0.25) is 4.79 Å². The lowest BCUT2D eigenvalue weighted by molar-refractivity contribution is -0.128. The number of hydrogen-bond acceptors (Lipinski definition) is 3. The van der Waals surface area contributed by atoms with Crippen LogP contribution in [0, 0.1) is 0 Å². The zero-order valence-corrected chi connectivity index (χ0v) is 8.29. The smallest absolute Gasteiger partial charge is 0.406 e. The minimum absolute atomic E-state index is 0.0421. The Bertz CT molecular complexity index is 180. The third kappa shape index (κ3) is 5.95. The van der Waals surface area contributed by atoms with E-state index in [1.54, 1.807) is 14.1 Å². The molecule has 0 aliphatic heterocycles. The first kappa shape index (κ1) is 11.7. The second kappa shape index (κ2) is 6.28. The molecule has 0 saturated carbocycles. The van der Waals surface area contributed by atoms with E-state index in [4.69, 9.17) is 4.74 Å². The van der Waals surface area contributed by atoms with Gasteiger partial charge in [0, 0.05) is 27.6 Å². The fraction of sp³-hybridized carbons (Fsp3) is 0.750. The van der Waals surface area contributed by atoms with Gasteiger partial charge < -0.3 is 15.0 Å². The number of rotatable bonds is 4. The predicted molar refractivity (Wildman–Crippen MR) is 48.3 cm³/mol. The first-order chi connectivity index (χ1) is 6.07. The predicted octanol–water partition coefficient (Wildman–Crippen LogP) is 0.211. The van der Waals surface area contributed by atoms with Crippen LogP contribution in [-0.2, 0) is 9.53 Å². The van der Waals surface area contributed by atoms with Gasteiger partial charge in [-0.1, -0.05) is 0 Å². The maximum Gasteiger partial charge on any atom is 0.406 e. The molecule has 0 radical (unpaired) electrons. The summed E-state index contributed by atoms with van der Waals surface area (Å²) >= 11 is 0. The van der Waals surface area contributed by atoms with E-state index in [9.17, 15) is 9.59 Å². The standard InChI is InChI=1S/C8H16N2O3/c1-9-8(12)13-6-4-5-7(11)10(2)3/h4-6H2,1-3H3,(H,9,12). The van der Waals surface area contributed by atoms with Crippen molar-refractivity contribution in [1.82, 2.24) is 10.2 Å². The van der Waals surface area contributed by atoms with Crippen LogP contribution in [0.4, 0.5) is 4.79 Å². The van der Waals surface area contributed by atoms with Gasteiger partial charge in [-0.2, -0.15) is 0 Å². The summed E-state index contributed by atoms with van der Waals surface area (Å²) in [5.74, 6) is 0.0421. The van der Waals surface area contributed by atoms with E-state index in [0.29, 0.717) is 12.8 Å². The van der Waals surface area contributed by atoms with Crippen molar-refractivity contribution in [2.24, 2.45) is 0 Å². The van der Waals surface area contributed by atoms with Gasteiger partial charge in [-0.05, 0) is 6.42 Å². The molecule has 0 spiro atoms. The summed E-state index contributed by atoms with van der Waals surface area (Å²) in [5.41, 5.74) is 0. The highest BCUT2D eigenvalue weighted by molar-refractivity contribution is 5.75. The minimum Gasteiger partial charge on any atom is -0.450 e. The third-order valence-electron chi connectivity index (χ3n) is 1.47. The van der Waals surface area contributed by atoms with E-state index in [1.807, 2.05) is 0 Å². The zero-order valence-electron chi connectivity index (χ0n) is 8.29. The Hall–Kier alpha value is -1.26. The molecule has 2 amide bonds. The summed E-state index contributed by atoms with van der Waals surface area (Å²) in [6.07, 6.45) is 0.506. The van der Waals surface area contributed by atoms with Crippen molar-refractivity contribution in [2.45, 2.75) is 12.8 Å². The molecule has 0 unspecified atom stereocenters. The Morgan fingerprint density at radius 1 is 1.38 bits per heavy atom. The molecule has 0 aliphatic rings. The van der Waals surface area contributed by atoms with Crippen molar-refractivity contribution < 1.29 is 14.3 Å². The highest BCUT2D eigenvalue weighted by Gasteiger charge is 2.03. The van der Waals surface area contributed by atoms with Gasteiger partial charge >= 0.3 is 6.09 Å². The number of nitrogens with zero attached hydrogens (tertiary/aromatic N) is 1. The first-order valence-corrected chi connectivity index (χ1v) is 4.12. The highest BCUT2D eigenvalue weighted by Crippen LogP contribution is 1.94. The number of nitrogens with one attached hydrogen (secondary N) is 1. The number of amides is 2. The summed E-state index contributed by atoms with van der Waals surface area (Å²) < 4.78 is 4.70. The number of ether oxygens (including phenoxy) is 1. The molecule has 0 aromatic rings. The van der Waals surface area contributed by atoms with Crippen molar-refractivity contribution >= 4 is 12.0 Å². The maximum absolute atomic E-state index is 11.0. The van der Waals surface area contributed by atoms with E-state index in [-0.39, 0.29) is 12.5 Å². The van der Waals surface area contributed by atoms with Crippen LogP contribution in [0.15, 0.2) is 0 Å². The van der Waals surface area contributed by atoms with Crippen molar-refractivity contribution in [2.75, 3.05) is 27.7 Å².